The number of aromatic nitrogens is 1. The van der Waals surface area contributed by atoms with E-state index in [-0.39, 0.29) is 11.9 Å². The summed E-state index contributed by atoms with van der Waals surface area (Å²) in [5.74, 6) is -0.0184. The third kappa shape index (κ3) is 3.57. The number of pyridine rings is 1. The summed E-state index contributed by atoms with van der Waals surface area (Å²) in [7, 11) is 0. The highest BCUT2D eigenvalue weighted by Gasteiger charge is 2.38. The summed E-state index contributed by atoms with van der Waals surface area (Å²) in [4.78, 5) is 18.5. The third-order valence-electron chi connectivity index (χ3n) is 4.43. The lowest BCUT2D eigenvalue weighted by Gasteiger charge is -2.33. The Labute approximate surface area is 142 Å². The predicted molar refractivity (Wildman–Crippen MR) is 94.3 cm³/mol. The highest BCUT2D eigenvalue weighted by molar-refractivity contribution is 5.95. The van der Waals surface area contributed by atoms with Gasteiger partial charge in [-0.1, -0.05) is 0 Å². The Kier molecular flexibility index (Phi) is 4.53. The van der Waals surface area contributed by atoms with Gasteiger partial charge in [-0.3, -0.25) is 9.78 Å². The molecule has 0 saturated carbocycles. The van der Waals surface area contributed by atoms with Crippen LogP contribution in [0.3, 0.4) is 0 Å². The van der Waals surface area contributed by atoms with Gasteiger partial charge in [0.15, 0.2) is 0 Å². The van der Waals surface area contributed by atoms with Gasteiger partial charge < -0.3 is 15.3 Å². The second-order valence-electron chi connectivity index (χ2n) is 6.75. The van der Waals surface area contributed by atoms with Gasteiger partial charge in [0, 0.05) is 35.9 Å². The number of likely N-dealkylation sites (tertiary alicyclic amines) is 1. The molecule has 3 rings (SSSR count). The zero-order chi connectivity index (χ0) is 17.2. The van der Waals surface area contributed by atoms with Crippen LogP contribution < -0.4 is 5.32 Å². The van der Waals surface area contributed by atoms with Crippen LogP contribution in [0.25, 0.3) is 0 Å². The van der Waals surface area contributed by atoms with Crippen LogP contribution in [0.15, 0.2) is 48.8 Å². The number of carbonyl (C=O) groups is 1. The zero-order valence-electron chi connectivity index (χ0n) is 14.1. The van der Waals surface area contributed by atoms with Gasteiger partial charge in [-0.2, -0.15) is 0 Å². The molecule has 2 aromatic rings. The highest BCUT2D eigenvalue weighted by atomic mass is 16.3. The van der Waals surface area contributed by atoms with Gasteiger partial charge in [-0.15, -0.1) is 0 Å². The average Bonchev–Trinajstić information content (AvgIpc) is 3.06. The number of rotatable bonds is 4. The van der Waals surface area contributed by atoms with Crippen LogP contribution >= 0.6 is 0 Å². The van der Waals surface area contributed by atoms with Crippen LogP contribution in [0.2, 0.25) is 0 Å². The number of amides is 1. The van der Waals surface area contributed by atoms with Crippen LogP contribution in [0, 0.1) is 0 Å². The Morgan fingerprint density at radius 1 is 1.17 bits per heavy atom. The molecule has 1 atom stereocenters. The van der Waals surface area contributed by atoms with E-state index >= 15 is 0 Å². The minimum Gasteiger partial charge on any atom is -0.388 e. The van der Waals surface area contributed by atoms with Crippen molar-refractivity contribution in [3.63, 3.8) is 0 Å². The number of nitrogens with zero attached hydrogens (tertiary/aromatic N) is 2. The summed E-state index contributed by atoms with van der Waals surface area (Å²) in [5, 5.41) is 13.6. The second-order valence-corrected chi connectivity index (χ2v) is 6.75. The van der Waals surface area contributed by atoms with Crippen molar-refractivity contribution >= 4 is 17.3 Å². The first-order chi connectivity index (χ1) is 11.4. The van der Waals surface area contributed by atoms with Gasteiger partial charge in [0.2, 0.25) is 0 Å². The molecule has 1 aliphatic rings. The molecule has 5 nitrogen and oxygen atoms in total. The molecule has 0 spiro atoms. The molecule has 0 aliphatic carbocycles. The smallest absolute Gasteiger partial charge is 0.254 e. The molecule has 24 heavy (non-hydrogen) atoms. The molecule has 1 amide bonds. The van der Waals surface area contributed by atoms with E-state index in [4.69, 9.17) is 0 Å². The average molecular weight is 325 g/mol. The monoisotopic (exact) mass is 325 g/mol. The molecular formula is C19H23N3O2. The van der Waals surface area contributed by atoms with E-state index in [1.807, 2.05) is 36.4 Å². The van der Waals surface area contributed by atoms with Crippen molar-refractivity contribution in [2.75, 3.05) is 11.9 Å². The standard InChI is InChI=1S/C19H23N3O2/c1-19(2,24)17-4-3-13-22(17)18(23)14-5-7-15(8-6-14)21-16-9-11-20-12-10-16/h5-12,17,24H,3-4,13H2,1-2H3,(H,20,21). The maximum atomic E-state index is 12.8. The molecule has 1 fully saturated rings. The van der Waals surface area contributed by atoms with E-state index in [0.717, 1.165) is 24.2 Å². The maximum Gasteiger partial charge on any atom is 0.254 e. The minimum absolute atomic E-state index is 0.0184. The predicted octanol–water partition coefficient (Wildman–Crippen LogP) is 3.20. The fraction of sp³-hybridized carbons (Fsp3) is 0.368. The largest absolute Gasteiger partial charge is 0.388 e. The summed E-state index contributed by atoms with van der Waals surface area (Å²) < 4.78 is 0. The van der Waals surface area contributed by atoms with E-state index in [0.29, 0.717) is 12.1 Å². The number of aliphatic hydroxyl groups is 1. The van der Waals surface area contributed by atoms with Crippen LogP contribution in [-0.4, -0.2) is 39.1 Å². The molecule has 0 radical (unpaired) electrons. The summed E-state index contributed by atoms with van der Waals surface area (Å²) >= 11 is 0. The van der Waals surface area contributed by atoms with Crippen LogP contribution in [0.5, 0.6) is 0 Å². The van der Waals surface area contributed by atoms with Crippen LogP contribution in [0.1, 0.15) is 37.0 Å². The fourth-order valence-electron chi connectivity index (χ4n) is 3.21. The summed E-state index contributed by atoms with van der Waals surface area (Å²) in [6.07, 6.45) is 5.23. The Bertz CT molecular complexity index is 693. The number of carbonyl (C=O) groups excluding carboxylic acids is 1. The highest BCUT2D eigenvalue weighted by Crippen LogP contribution is 2.28. The summed E-state index contributed by atoms with van der Waals surface area (Å²) in [6, 6.07) is 11.1. The van der Waals surface area contributed by atoms with E-state index in [1.54, 1.807) is 31.1 Å². The van der Waals surface area contributed by atoms with Crippen LogP contribution in [0.4, 0.5) is 11.4 Å². The lowest BCUT2D eigenvalue weighted by Crippen LogP contribution is -2.48. The Morgan fingerprint density at radius 3 is 2.42 bits per heavy atom. The molecule has 1 saturated heterocycles. The number of anilines is 2. The van der Waals surface area contributed by atoms with Gasteiger partial charge in [0.25, 0.3) is 5.91 Å². The van der Waals surface area contributed by atoms with Crippen molar-refractivity contribution < 1.29 is 9.90 Å². The molecular weight excluding hydrogens is 302 g/mol. The molecule has 1 aliphatic heterocycles. The van der Waals surface area contributed by atoms with Crippen molar-refractivity contribution in [1.29, 1.82) is 0 Å². The first kappa shape index (κ1) is 16.5. The molecule has 2 N–H and O–H groups in total. The molecule has 1 unspecified atom stereocenters. The Balaban J connectivity index is 1.72. The fourth-order valence-corrected chi connectivity index (χ4v) is 3.21. The van der Waals surface area contributed by atoms with Gasteiger partial charge in [0.1, 0.15) is 0 Å². The molecule has 0 bridgehead atoms. The van der Waals surface area contributed by atoms with Crippen molar-refractivity contribution in [1.82, 2.24) is 9.88 Å². The lowest BCUT2D eigenvalue weighted by molar-refractivity contribution is 0.000337. The SMILES string of the molecule is CC(C)(O)C1CCCN1C(=O)c1ccc(Nc2ccncc2)cc1. The molecule has 2 heterocycles. The molecule has 5 heteroatoms. The van der Waals surface area contributed by atoms with E-state index in [2.05, 4.69) is 10.3 Å². The van der Waals surface area contributed by atoms with E-state index in [1.165, 1.54) is 0 Å². The van der Waals surface area contributed by atoms with Crippen molar-refractivity contribution in [2.45, 2.75) is 38.3 Å². The van der Waals surface area contributed by atoms with Crippen molar-refractivity contribution in [3.8, 4) is 0 Å². The van der Waals surface area contributed by atoms with Crippen molar-refractivity contribution in [3.05, 3.63) is 54.4 Å². The molecule has 1 aromatic heterocycles. The lowest BCUT2D eigenvalue weighted by atomic mass is 9.96. The number of benzene rings is 1. The maximum absolute atomic E-state index is 12.8. The molecule has 1 aromatic carbocycles. The van der Waals surface area contributed by atoms with Crippen molar-refractivity contribution in [2.24, 2.45) is 0 Å². The quantitative estimate of drug-likeness (QED) is 0.906. The Hall–Kier alpha value is -2.40. The minimum atomic E-state index is -0.880. The zero-order valence-corrected chi connectivity index (χ0v) is 14.1. The number of hydrogen-bond acceptors (Lipinski definition) is 4. The summed E-state index contributed by atoms with van der Waals surface area (Å²) in [5.41, 5.74) is 1.63. The van der Waals surface area contributed by atoms with Gasteiger partial charge in [0.05, 0.1) is 11.6 Å². The first-order valence-corrected chi connectivity index (χ1v) is 8.25. The van der Waals surface area contributed by atoms with E-state index in [9.17, 15) is 9.90 Å². The van der Waals surface area contributed by atoms with Gasteiger partial charge in [-0.25, -0.2) is 0 Å². The van der Waals surface area contributed by atoms with Crippen LogP contribution in [-0.2, 0) is 0 Å². The van der Waals surface area contributed by atoms with Gasteiger partial charge >= 0.3 is 0 Å². The Morgan fingerprint density at radius 2 is 1.79 bits per heavy atom. The third-order valence-corrected chi connectivity index (χ3v) is 4.43. The van der Waals surface area contributed by atoms with E-state index < -0.39 is 5.60 Å². The topological polar surface area (TPSA) is 65.5 Å². The first-order valence-electron chi connectivity index (χ1n) is 8.25. The molecule has 126 valence electrons. The second kappa shape index (κ2) is 6.61. The summed E-state index contributed by atoms with van der Waals surface area (Å²) in [6.45, 7) is 4.24. The normalized spacial score (nSPS) is 17.8. The number of hydrogen-bond donors (Lipinski definition) is 2. The van der Waals surface area contributed by atoms with Gasteiger partial charge in [-0.05, 0) is 63.1 Å². The number of nitrogens with one attached hydrogen (secondary N) is 1.